The Kier molecular flexibility index (Phi) is 3.58. The van der Waals surface area contributed by atoms with Gasteiger partial charge in [-0.1, -0.05) is 13.8 Å². The molecule has 0 bridgehead atoms. The van der Waals surface area contributed by atoms with Crippen molar-refractivity contribution in [3.8, 4) is 17.2 Å². The molecule has 3 aromatic heterocycles. The molecule has 3 heterocycles. The Hall–Kier alpha value is -2.76. The van der Waals surface area contributed by atoms with Crippen molar-refractivity contribution in [1.82, 2.24) is 24.7 Å². The smallest absolute Gasteiger partial charge is 0.181 e. The van der Waals surface area contributed by atoms with Gasteiger partial charge in [-0.05, 0) is 31.2 Å². The van der Waals surface area contributed by atoms with Crippen molar-refractivity contribution in [3.05, 3.63) is 48.2 Å². The van der Waals surface area contributed by atoms with E-state index in [1.165, 1.54) is 0 Å². The van der Waals surface area contributed by atoms with Gasteiger partial charge in [0.2, 0.25) is 0 Å². The molecule has 112 valence electrons. The number of pyridine rings is 2. The van der Waals surface area contributed by atoms with E-state index in [1.807, 2.05) is 19.1 Å². The fourth-order valence-corrected chi connectivity index (χ4v) is 2.15. The Morgan fingerprint density at radius 3 is 2.55 bits per heavy atom. The lowest BCUT2D eigenvalue weighted by atomic mass is 10.2. The van der Waals surface area contributed by atoms with E-state index in [2.05, 4.69) is 33.9 Å². The predicted molar refractivity (Wildman–Crippen MR) is 85.6 cm³/mol. The van der Waals surface area contributed by atoms with Crippen molar-refractivity contribution < 1.29 is 0 Å². The second kappa shape index (κ2) is 5.55. The van der Waals surface area contributed by atoms with E-state index in [-0.39, 0.29) is 5.92 Å². The Morgan fingerprint density at radius 2 is 1.86 bits per heavy atom. The van der Waals surface area contributed by atoms with Crippen molar-refractivity contribution in [3.63, 3.8) is 0 Å². The number of anilines is 1. The van der Waals surface area contributed by atoms with Gasteiger partial charge in [0.1, 0.15) is 5.69 Å². The zero-order valence-corrected chi connectivity index (χ0v) is 12.9. The largest absolute Gasteiger partial charge is 0.399 e. The summed E-state index contributed by atoms with van der Waals surface area (Å²) in [7, 11) is 0. The minimum atomic E-state index is 0.226. The standard InChI is InChI=1S/C16H18N6/c1-10(2)15-20-16(14-9-12(17)4-6-19-14)22(21-15)13-5-7-18-11(3)8-13/h4-10H,1-3H3,(H2,17,19). The lowest BCUT2D eigenvalue weighted by molar-refractivity contribution is 0.753. The van der Waals surface area contributed by atoms with Gasteiger partial charge in [-0.15, -0.1) is 0 Å². The minimum absolute atomic E-state index is 0.226. The number of aryl methyl sites for hydroxylation is 1. The Balaban J connectivity index is 2.20. The van der Waals surface area contributed by atoms with Crippen LogP contribution in [-0.2, 0) is 0 Å². The number of rotatable bonds is 3. The Labute approximate surface area is 129 Å². The highest BCUT2D eigenvalue weighted by Gasteiger charge is 2.17. The number of aromatic nitrogens is 5. The average molecular weight is 294 g/mol. The first-order valence-corrected chi connectivity index (χ1v) is 7.16. The highest BCUT2D eigenvalue weighted by Crippen LogP contribution is 2.23. The molecule has 0 aliphatic rings. The van der Waals surface area contributed by atoms with Gasteiger partial charge >= 0.3 is 0 Å². The van der Waals surface area contributed by atoms with Gasteiger partial charge in [-0.3, -0.25) is 9.97 Å². The van der Waals surface area contributed by atoms with E-state index >= 15 is 0 Å². The first-order valence-electron chi connectivity index (χ1n) is 7.16. The predicted octanol–water partition coefficient (Wildman–Crippen LogP) is 2.74. The van der Waals surface area contributed by atoms with Crippen LogP contribution in [0, 0.1) is 6.92 Å². The van der Waals surface area contributed by atoms with E-state index in [4.69, 9.17) is 5.73 Å². The molecule has 3 rings (SSSR count). The number of nitrogens with zero attached hydrogens (tertiary/aromatic N) is 5. The fourth-order valence-electron chi connectivity index (χ4n) is 2.15. The van der Waals surface area contributed by atoms with Gasteiger partial charge < -0.3 is 5.73 Å². The van der Waals surface area contributed by atoms with E-state index < -0.39 is 0 Å². The minimum Gasteiger partial charge on any atom is -0.399 e. The molecule has 22 heavy (non-hydrogen) atoms. The Bertz CT molecular complexity index is 743. The number of hydrogen-bond acceptors (Lipinski definition) is 5. The molecule has 0 aliphatic heterocycles. The molecule has 0 aromatic carbocycles. The third-order valence-corrected chi connectivity index (χ3v) is 3.28. The van der Waals surface area contributed by atoms with Crippen LogP contribution in [0.25, 0.3) is 17.2 Å². The number of nitrogens with two attached hydrogens (primary N) is 1. The molecular weight excluding hydrogens is 276 g/mol. The quantitative estimate of drug-likeness (QED) is 0.803. The van der Waals surface area contributed by atoms with E-state index in [0.29, 0.717) is 17.2 Å². The van der Waals surface area contributed by atoms with Crippen LogP contribution in [0.1, 0.15) is 31.3 Å². The number of hydrogen-bond donors (Lipinski definition) is 1. The summed E-state index contributed by atoms with van der Waals surface area (Å²) in [4.78, 5) is 13.2. The molecule has 3 aromatic rings. The van der Waals surface area contributed by atoms with Crippen LogP contribution < -0.4 is 5.73 Å². The van der Waals surface area contributed by atoms with Crippen molar-refractivity contribution in [2.45, 2.75) is 26.7 Å². The molecule has 2 N–H and O–H groups in total. The van der Waals surface area contributed by atoms with Gasteiger partial charge in [0.15, 0.2) is 11.6 Å². The van der Waals surface area contributed by atoms with Crippen molar-refractivity contribution in [1.29, 1.82) is 0 Å². The van der Waals surface area contributed by atoms with Crippen molar-refractivity contribution >= 4 is 5.69 Å². The summed E-state index contributed by atoms with van der Waals surface area (Å²) in [5, 5.41) is 4.62. The summed E-state index contributed by atoms with van der Waals surface area (Å²) in [5.74, 6) is 1.68. The van der Waals surface area contributed by atoms with Gasteiger partial charge in [0.25, 0.3) is 0 Å². The summed E-state index contributed by atoms with van der Waals surface area (Å²) in [5.41, 5.74) is 9.05. The van der Waals surface area contributed by atoms with Crippen LogP contribution in [0.3, 0.4) is 0 Å². The normalized spacial score (nSPS) is 11.1. The Morgan fingerprint density at radius 1 is 1.09 bits per heavy atom. The molecule has 0 atom stereocenters. The topological polar surface area (TPSA) is 82.5 Å². The van der Waals surface area contributed by atoms with Crippen LogP contribution in [-0.4, -0.2) is 24.7 Å². The highest BCUT2D eigenvalue weighted by atomic mass is 15.4. The maximum absolute atomic E-state index is 5.87. The summed E-state index contributed by atoms with van der Waals surface area (Å²) < 4.78 is 1.80. The lowest BCUT2D eigenvalue weighted by Crippen LogP contribution is -2.02. The molecule has 0 radical (unpaired) electrons. The van der Waals surface area contributed by atoms with Gasteiger partial charge in [-0.2, -0.15) is 5.10 Å². The first kappa shape index (κ1) is 14.2. The summed E-state index contributed by atoms with van der Waals surface area (Å²) in [6.07, 6.45) is 3.44. The molecule has 0 fully saturated rings. The molecule has 0 unspecified atom stereocenters. The third-order valence-electron chi connectivity index (χ3n) is 3.28. The zero-order chi connectivity index (χ0) is 15.7. The summed E-state index contributed by atoms with van der Waals surface area (Å²) >= 11 is 0. The molecule has 0 amide bonds. The van der Waals surface area contributed by atoms with Crippen LogP contribution in [0.2, 0.25) is 0 Å². The zero-order valence-electron chi connectivity index (χ0n) is 12.9. The molecule has 0 saturated heterocycles. The summed E-state index contributed by atoms with van der Waals surface area (Å²) in [6, 6.07) is 7.43. The molecular formula is C16H18N6. The van der Waals surface area contributed by atoms with Gasteiger partial charge in [0.05, 0.1) is 5.69 Å². The molecule has 0 saturated carbocycles. The SMILES string of the molecule is Cc1cc(-n2nc(C(C)C)nc2-c2cc(N)ccn2)ccn1. The number of nitrogen functional groups attached to an aromatic ring is 1. The molecule has 6 heteroatoms. The van der Waals surface area contributed by atoms with Gasteiger partial charge in [0, 0.05) is 29.7 Å². The summed E-state index contributed by atoms with van der Waals surface area (Å²) in [6.45, 7) is 6.07. The maximum atomic E-state index is 5.87. The first-order chi connectivity index (χ1) is 10.5. The molecule has 0 spiro atoms. The van der Waals surface area contributed by atoms with E-state index in [1.54, 1.807) is 29.2 Å². The van der Waals surface area contributed by atoms with Crippen LogP contribution in [0.4, 0.5) is 5.69 Å². The second-order valence-electron chi connectivity index (χ2n) is 5.49. The van der Waals surface area contributed by atoms with Crippen LogP contribution in [0.15, 0.2) is 36.7 Å². The van der Waals surface area contributed by atoms with Crippen LogP contribution in [0.5, 0.6) is 0 Å². The van der Waals surface area contributed by atoms with E-state index in [0.717, 1.165) is 17.2 Å². The maximum Gasteiger partial charge on any atom is 0.181 e. The second-order valence-corrected chi connectivity index (χ2v) is 5.49. The van der Waals surface area contributed by atoms with Crippen LogP contribution >= 0.6 is 0 Å². The molecule has 0 aliphatic carbocycles. The fraction of sp³-hybridized carbons (Fsp3) is 0.250. The highest BCUT2D eigenvalue weighted by molar-refractivity contribution is 5.58. The van der Waals surface area contributed by atoms with Crippen molar-refractivity contribution in [2.24, 2.45) is 0 Å². The van der Waals surface area contributed by atoms with Crippen molar-refractivity contribution in [2.75, 3.05) is 5.73 Å². The third kappa shape index (κ3) is 2.67. The van der Waals surface area contributed by atoms with Gasteiger partial charge in [-0.25, -0.2) is 9.67 Å². The van der Waals surface area contributed by atoms with E-state index in [9.17, 15) is 0 Å². The lowest BCUT2D eigenvalue weighted by Gasteiger charge is -2.06. The monoisotopic (exact) mass is 294 g/mol. The molecule has 6 nitrogen and oxygen atoms in total. The average Bonchev–Trinajstić information content (AvgIpc) is 2.92.